The van der Waals surface area contributed by atoms with E-state index in [4.69, 9.17) is 0 Å². The van der Waals surface area contributed by atoms with E-state index in [1.807, 2.05) is 52.0 Å². The van der Waals surface area contributed by atoms with Gasteiger partial charge in [0.2, 0.25) is 0 Å². The lowest BCUT2D eigenvalue weighted by atomic mass is 10.0. The smallest absolute Gasteiger partial charge is 0.123 e. The van der Waals surface area contributed by atoms with Crippen LogP contribution in [0.2, 0.25) is 0 Å². The summed E-state index contributed by atoms with van der Waals surface area (Å²) in [5, 5.41) is 2.30. The molecule has 1 aromatic heterocycles. The predicted molar refractivity (Wildman–Crippen MR) is 275 cm³/mol. The van der Waals surface area contributed by atoms with Gasteiger partial charge < -0.3 is 4.57 Å². The van der Waals surface area contributed by atoms with E-state index in [9.17, 15) is 4.39 Å². The number of fused-ring (bicyclic) bond motifs is 3. The monoisotopic (exact) mass is 865 g/mol. The molecule has 0 amide bonds. The zero-order valence-corrected chi connectivity index (χ0v) is 39.0. The summed E-state index contributed by atoms with van der Waals surface area (Å²) in [6.07, 6.45) is 23.6. The summed E-state index contributed by atoms with van der Waals surface area (Å²) in [5.74, 6) is 0.178. The largest absolute Gasteiger partial charge is 0.309 e. The number of rotatable bonds is 11. The van der Waals surface area contributed by atoms with Crippen molar-refractivity contribution in [2.24, 2.45) is 5.92 Å². The van der Waals surface area contributed by atoms with Crippen LogP contribution < -0.4 is 0 Å². The number of benzene rings is 6. The van der Waals surface area contributed by atoms with Gasteiger partial charge in [-0.15, -0.1) is 20.1 Å². The van der Waals surface area contributed by atoms with Crippen LogP contribution in [0.3, 0.4) is 0 Å². The molecule has 0 bridgehead atoms. The average Bonchev–Trinajstić information content (AvgIpc) is 3.68. The summed E-state index contributed by atoms with van der Waals surface area (Å²) < 4.78 is 16.8. The first-order valence-corrected chi connectivity index (χ1v) is 25.6. The highest BCUT2D eigenvalue weighted by Crippen LogP contribution is 2.76. The maximum atomic E-state index is 14.5. The number of allylic oxidation sites excluding steroid dienone is 9. The zero-order valence-electron chi connectivity index (χ0n) is 37.4. The van der Waals surface area contributed by atoms with E-state index in [1.54, 1.807) is 12.1 Å². The Morgan fingerprint density at radius 3 is 1.67 bits per heavy atom. The van der Waals surface area contributed by atoms with Crippen molar-refractivity contribution in [2.45, 2.75) is 78.4 Å². The van der Waals surface area contributed by atoms with Crippen LogP contribution in [0.1, 0.15) is 53.9 Å². The minimum Gasteiger partial charge on any atom is -0.309 e. The third kappa shape index (κ3) is 8.19. The van der Waals surface area contributed by atoms with E-state index in [-0.39, 0.29) is 5.82 Å². The van der Waals surface area contributed by atoms with E-state index in [0.717, 1.165) is 51.7 Å². The highest BCUT2D eigenvalue weighted by Gasteiger charge is 2.38. The molecule has 7 aromatic rings. The highest BCUT2D eigenvalue weighted by atomic mass is 32.3. The van der Waals surface area contributed by atoms with Crippen molar-refractivity contribution in [3.63, 3.8) is 0 Å². The molecule has 2 unspecified atom stereocenters. The van der Waals surface area contributed by atoms with Crippen molar-refractivity contribution in [3.8, 4) is 5.69 Å². The quantitative estimate of drug-likeness (QED) is 0.114. The van der Waals surface area contributed by atoms with Gasteiger partial charge in [-0.3, -0.25) is 0 Å². The summed E-state index contributed by atoms with van der Waals surface area (Å²) in [6.45, 7) is 18.9. The lowest BCUT2D eigenvalue weighted by Gasteiger charge is -2.45. The van der Waals surface area contributed by atoms with Crippen molar-refractivity contribution < 1.29 is 4.39 Å². The summed E-state index contributed by atoms with van der Waals surface area (Å²) >= 11 is 0. The molecule has 0 spiro atoms. The Balaban J connectivity index is 0.00000145. The Labute approximate surface area is 378 Å². The van der Waals surface area contributed by atoms with Crippen molar-refractivity contribution in [1.82, 2.24) is 4.57 Å². The molecule has 6 aromatic carbocycles. The topological polar surface area (TPSA) is 4.93 Å². The fourth-order valence-corrected chi connectivity index (χ4v) is 17.0. The fourth-order valence-electron chi connectivity index (χ4n) is 8.97. The third-order valence-electron chi connectivity index (χ3n) is 11.5. The maximum Gasteiger partial charge on any atom is 0.123 e. The van der Waals surface area contributed by atoms with Crippen molar-refractivity contribution >= 4 is 41.9 Å². The van der Waals surface area contributed by atoms with Crippen LogP contribution in [0.4, 0.5) is 4.39 Å². The van der Waals surface area contributed by atoms with E-state index in [1.165, 1.54) is 34.3 Å². The van der Waals surface area contributed by atoms with Gasteiger partial charge in [0.15, 0.2) is 0 Å². The number of aromatic nitrogens is 1. The van der Waals surface area contributed by atoms with E-state index in [0.29, 0.717) is 5.92 Å². The average molecular weight is 866 g/mol. The summed E-state index contributed by atoms with van der Waals surface area (Å²) in [4.78, 5) is 10.1. The van der Waals surface area contributed by atoms with Gasteiger partial charge in [-0.1, -0.05) is 151 Å². The van der Waals surface area contributed by atoms with Gasteiger partial charge in [0.25, 0.3) is 0 Å². The molecule has 2 aliphatic carbocycles. The molecule has 4 heteroatoms. The Kier molecular flexibility index (Phi) is 14.6. The molecule has 0 saturated heterocycles. The number of hydrogen-bond donors (Lipinski definition) is 0. The first kappa shape index (κ1) is 45.0. The van der Waals surface area contributed by atoms with Gasteiger partial charge in [-0.2, -0.15) is 0 Å². The molecule has 0 N–H and O–H groups in total. The molecule has 1 nitrogen and oxygen atoms in total. The van der Waals surface area contributed by atoms with Crippen LogP contribution >= 0.6 is 20.1 Å². The van der Waals surface area contributed by atoms with Crippen LogP contribution in [0, 0.1) is 11.7 Å². The van der Waals surface area contributed by atoms with Crippen LogP contribution in [0.5, 0.6) is 0 Å². The first-order chi connectivity index (χ1) is 31.0. The van der Waals surface area contributed by atoms with Gasteiger partial charge in [0.1, 0.15) is 5.82 Å². The Morgan fingerprint density at radius 2 is 1.14 bits per heavy atom. The molecule has 1 heterocycles. The number of halogens is 1. The Hall–Kier alpha value is -6.07. The molecule has 0 radical (unpaired) electrons. The molecule has 63 heavy (non-hydrogen) atoms. The third-order valence-corrected chi connectivity index (χ3v) is 19.4. The summed E-state index contributed by atoms with van der Waals surface area (Å²) in [5.41, 5.74) is 3.06. The lowest BCUT2D eigenvalue weighted by Crippen LogP contribution is -2.11. The second-order valence-corrected chi connectivity index (χ2v) is 21.3. The SMILES string of the molecule is C=C/C=C(\C=C)S(c1ccccc1)(c1ccccc1)c1ccc2c(c1)c1cc(S(C3=CCCC=C3)(C3=CC(C)CC=C3)c3ccccc3)ccc1n2-c1ccc(F)cc1.CC.CC. The Bertz CT molecular complexity index is 2800. The van der Waals surface area contributed by atoms with E-state index < -0.39 is 20.1 Å². The highest BCUT2D eigenvalue weighted by molar-refractivity contribution is 8.40. The molecular weight excluding hydrogens is 806 g/mol. The van der Waals surface area contributed by atoms with Crippen molar-refractivity contribution in [2.75, 3.05) is 0 Å². The van der Waals surface area contributed by atoms with Crippen LogP contribution in [0.25, 0.3) is 27.5 Å². The van der Waals surface area contributed by atoms with Crippen molar-refractivity contribution in [3.05, 3.63) is 240 Å². The van der Waals surface area contributed by atoms with Gasteiger partial charge in [0, 0.05) is 45.8 Å². The second kappa shape index (κ2) is 20.4. The van der Waals surface area contributed by atoms with Gasteiger partial charge in [-0.05, 0) is 138 Å². The minimum absolute atomic E-state index is 0.253. The fraction of sp³-hybridized carbons (Fsp3) is 0.153. The molecule has 0 fully saturated rings. The molecule has 9 rings (SSSR count). The van der Waals surface area contributed by atoms with Crippen LogP contribution in [-0.2, 0) is 0 Å². The number of hydrogen-bond acceptors (Lipinski definition) is 0. The molecule has 0 saturated carbocycles. The minimum atomic E-state index is -2.05. The van der Waals surface area contributed by atoms with E-state index in [2.05, 4.69) is 195 Å². The molecule has 2 atom stereocenters. The van der Waals surface area contributed by atoms with Gasteiger partial charge >= 0.3 is 0 Å². The van der Waals surface area contributed by atoms with Gasteiger partial charge in [0.05, 0.1) is 11.0 Å². The lowest BCUT2D eigenvalue weighted by molar-refractivity contribution is 0.627. The first-order valence-electron chi connectivity index (χ1n) is 22.4. The second-order valence-electron chi connectivity index (χ2n) is 15.1. The normalized spacial score (nSPS) is 16.6. The maximum absolute atomic E-state index is 14.5. The van der Waals surface area contributed by atoms with Gasteiger partial charge in [-0.25, -0.2) is 4.39 Å². The van der Waals surface area contributed by atoms with Crippen molar-refractivity contribution in [1.29, 1.82) is 0 Å². The Morgan fingerprint density at radius 1 is 0.603 bits per heavy atom. The molecule has 320 valence electrons. The molecule has 2 aliphatic rings. The van der Waals surface area contributed by atoms with Crippen LogP contribution in [-0.4, -0.2) is 4.57 Å². The number of nitrogens with zero attached hydrogens (tertiary/aromatic N) is 1. The summed E-state index contributed by atoms with van der Waals surface area (Å²) in [7, 11) is -3.95. The predicted octanol–water partition coefficient (Wildman–Crippen LogP) is 18.4. The standard InChI is InChI=1S/C55H48FNS2.2C2H6/c1-4-19-44(5-2)58(45-21-10-6-11-22-45,46-23-12-7-13-24-46)50-34-36-54-52(39-50)53-40-51(35-37-55(53)57(54)43-32-30-42(56)31-33-43)59(47-25-14-8-15-26-47,48-27-16-9-17-28-48)49-29-18-20-41(3)38-49;2*1-2/h4-8,10-16,18-19,21-41H,1-2,9,17,20H2,3H3;2*1-2H3/b44-19+;;. The summed E-state index contributed by atoms with van der Waals surface area (Å²) in [6, 6.07) is 53.9. The van der Waals surface area contributed by atoms with E-state index >= 15 is 0 Å². The van der Waals surface area contributed by atoms with Crippen LogP contribution in [0.15, 0.2) is 259 Å². The zero-order chi connectivity index (χ0) is 44.4. The molecular formula is C59H60FNS2. The molecule has 0 aliphatic heterocycles.